The summed E-state index contributed by atoms with van der Waals surface area (Å²) in [5.41, 5.74) is 1.24. The minimum atomic E-state index is -0.299. The van der Waals surface area contributed by atoms with Crippen LogP contribution in [0.2, 0.25) is 0 Å². The van der Waals surface area contributed by atoms with Crippen molar-refractivity contribution in [2.24, 2.45) is 0 Å². The summed E-state index contributed by atoms with van der Waals surface area (Å²) in [4.78, 5) is 5.53. The molecule has 0 saturated carbocycles. The van der Waals surface area contributed by atoms with Crippen molar-refractivity contribution in [3.8, 4) is 0 Å². The molecule has 1 aromatic heterocycles. The van der Waals surface area contributed by atoms with E-state index in [1.165, 1.54) is 5.56 Å². The quantitative estimate of drug-likeness (QED) is 0.938. The van der Waals surface area contributed by atoms with Gasteiger partial charge in [0.25, 0.3) is 0 Å². The molecule has 1 unspecified atom stereocenters. The molecule has 2 nitrogen and oxygen atoms in total. The third-order valence-electron chi connectivity index (χ3n) is 2.40. The number of hydrogen-bond acceptors (Lipinski definition) is 3. The van der Waals surface area contributed by atoms with Crippen molar-refractivity contribution in [2.45, 2.75) is 25.9 Å². The molecule has 0 aliphatic carbocycles. The van der Waals surface area contributed by atoms with Crippen molar-refractivity contribution >= 4 is 27.3 Å². The van der Waals surface area contributed by atoms with E-state index in [0.717, 1.165) is 20.8 Å². The van der Waals surface area contributed by atoms with E-state index in [2.05, 4.69) is 27.0 Å². The minimum Gasteiger partial charge on any atom is -0.393 e. The summed E-state index contributed by atoms with van der Waals surface area (Å²) in [6, 6.07) is 8.18. The Morgan fingerprint density at radius 1 is 1.41 bits per heavy atom. The molecule has 1 aromatic carbocycles. The number of aromatic nitrogens is 1. The summed E-state index contributed by atoms with van der Waals surface area (Å²) in [5, 5.41) is 10.4. The highest BCUT2D eigenvalue weighted by molar-refractivity contribution is 9.10. The van der Waals surface area contributed by atoms with Crippen LogP contribution in [-0.2, 0) is 12.8 Å². The van der Waals surface area contributed by atoms with E-state index >= 15 is 0 Å². The predicted molar refractivity (Wildman–Crippen MR) is 74.4 cm³/mol. The van der Waals surface area contributed by atoms with Crippen molar-refractivity contribution in [2.75, 3.05) is 0 Å². The molecule has 0 spiro atoms. The first-order valence-electron chi connectivity index (χ1n) is 5.50. The molecular weight excluding hydrogens is 298 g/mol. The smallest absolute Gasteiger partial charge is 0.0971 e. The third-order valence-corrected chi connectivity index (χ3v) is 4.19. The highest BCUT2D eigenvalue weighted by Crippen LogP contribution is 2.22. The highest BCUT2D eigenvalue weighted by Gasteiger charge is 2.07. The van der Waals surface area contributed by atoms with Crippen LogP contribution in [-0.4, -0.2) is 16.2 Å². The molecule has 0 aliphatic heterocycles. The lowest BCUT2D eigenvalue weighted by molar-refractivity contribution is 0.196. The van der Waals surface area contributed by atoms with Gasteiger partial charge in [-0.3, -0.25) is 0 Å². The normalized spacial score (nSPS) is 12.6. The van der Waals surface area contributed by atoms with Gasteiger partial charge in [-0.1, -0.05) is 34.1 Å². The van der Waals surface area contributed by atoms with Gasteiger partial charge in [0.05, 0.1) is 11.1 Å². The molecule has 1 N–H and O–H groups in total. The first kappa shape index (κ1) is 12.7. The summed E-state index contributed by atoms with van der Waals surface area (Å²) in [7, 11) is 0. The van der Waals surface area contributed by atoms with Gasteiger partial charge in [0.15, 0.2) is 0 Å². The first-order valence-corrected chi connectivity index (χ1v) is 7.11. The Morgan fingerprint density at radius 2 is 2.18 bits per heavy atom. The van der Waals surface area contributed by atoms with Gasteiger partial charge < -0.3 is 5.11 Å². The number of hydrogen-bond donors (Lipinski definition) is 1. The lowest BCUT2D eigenvalue weighted by Gasteiger charge is -2.01. The molecule has 0 saturated heterocycles. The zero-order chi connectivity index (χ0) is 12.3. The molecule has 0 radical (unpaired) electrons. The van der Waals surface area contributed by atoms with Gasteiger partial charge in [-0.25, -0.2) is 4.98 Å². The Hall–Kier alpha value is -0.710. The summed E-state index contributed by atoms with van der Waals surface area (Å²) in [6.45, 7) is 1.80. The monoisotopic (exact) mass is 311 g/mol. The van der Waals surface area contributed by atoms with E-state index in [-0.39, 0.29) is 6.10 Å². The molecule has 1 atom stereocenters. The zero-order valence-electron chi connectivity index (χ0n) is 9.56. The van der Waals surface area contributed by atoms with Crippen molar-refractivity contribution in [3.05, 3.63) is 50.4 Å². The number of aliphatic hydroxyl groups is 1. The van der Waals surface area contributed by atoms with E-state index in [1.807, 2.05) is 24.4 Å². The summed E-state index contributed by atoms with van der Waals surface area (Å²) >= 11 is 5.21. The Labute approximate surface area is 113 Å². The van der Waals surface area contributed by atoms with E-state index in [0.29, 0.717) is 6.42 Å². The van der Waals surface area contributed by atoms with Crippen LogP contribution < -0.4 is 0 Å². The average molecular weight is 312 g/mol. The molecule has 4 heteroatoms. The second-order valence-corrected chi connectivity index (χ2v) is 6.10. The first-order chi connectivity index (χ1) is 8.15. The largest absolute Gasteiger partial charge is 0.393 e. The van der Waals surface area contributed by atoms with E-state index in [1.54, 1.807) is 18.3 Å². The van der Waals surface area contributed by atoms with Crippen LogP contribution in [0.25, 0.3) is 0 Å². The second kappa shape index (κ2) is 5.76. The number of nitrogens with zero attached hydrogens (tertiary/aromatic N) is 1. The van der Waals surface area contributed by atoms with Gasteiger partial charge in [0, 0.05) is 28.4 Å². The van der Waals surface area contributed by atoms with Crippen LogP contribution in [0.3, 0.4) is 0 Å². The fourth-order valence-corrected chi connectivity index (χ4v) is 3.11. The van der Waals surface area contributed by atoms with Gasteiger partial charge in [-0.2, -0.15) is 0 Å². The Bertz CT molecular complexity index is 496. The molecule has 2 rings (SSSR count). The molecule has 0 fully saturated rings. The second-order valence-electron chi connectivity index (χ2n) is 4.04. The molecule has 1 heterocycles. The maximum absolute atomic E-state index is 9.32. The molecule has 17 heavy (non-hydrogen) atoms. The SMILES string of the molecule is CC(O)Cc1cnc(Cc2ccccc2Br)s1. The molecule has 90 valence electrons. The summed E-state index contributed by atoms with van der Waals surface area (Å²) < 4.78 is 1.12. The maximum Gasteiger partial charge on any atom is 0.0971 e. The van der Waals surface area contributed by atoms with Crippen LogP contribution in [0.5, 0.6) is 0 Å². The van der Waals surface area contributed by atoms with Gasteiger partial charge in [0.1, 0.15) is 0 Å². The zero-order valence-corrected chi connectivity index (χ0v) is 12.0. The minimum absolute atomic E-state index is 0.299. The number of benzene rings is 1. The van der Waals surface area contributed by atoms with E-state index < -0.39 is 0 Å². The van der Waals surface area contributed by atoms with Gasteiger partial charge in [-0.05, 0) is 18.6 Å². The van der Waals surface area contributed by atoms with Crippen LogP contribution in [0.1, 0.15) is 22.4 Å². The van der Waals surface area contributed by atoms with Gasteiger partial charge in [0.2, 0.25) is 0 Å². The third kappa shape index (κ3) is 3.63. The van der Waals surface area contributed by atoms with Crippen LogP contribution in [0.15, 0.2) is 34.9 Å². The van der Waals surface area contributed by atoms with E-state index in [4.69, 9.17) is 0 Å². The highest BCUT2D eigenvalue weighted by atomic mass is 79.9. The average Bonchev–Trinajstić information content (AvgIpc) is 2.68. The van der Waals surface area contributed by atoms with Gasteiger partial charge >= 0.3 is 0 Å². The Morgan fingerprint density at radius 3 is 2.88 bits per heavy atom. The molecule has 0 amide bonds. The van der Waals surface area contributed by atoms with Crippen molar-refractivity contribution in [1.29, 1.82) is 0 Å². The van der Waals surface area contributed by atoms with Crippen molar-refractivity contribution < 1.29 is 5.11 Å². The number of thiazole rings is 1. The van der Waals surface area contributed by atoms with Crippen LogP contribution in [0, 0.1) is 0 Å². The topological polar surface area (TPSA) is 33.1 Å². The Kier molecular flexibility index (Phi) is 4.31. The lowest BCUT2D eigenvalue weighted by Crippen LogP contribution is -2.01. The van der Waals surface area contributed by atoms with E-state index in [9.17, 15) is 5.11 Å². The summed E-state index contributed by atoms with van der Waals surface area (Å²) in [6.07, 6.45) is 3.09. The molecule has 2 aromatic rings. The number of rotatable bonds is 4. The lowest BCUT2D eigenvalue weighted by atomic mass is 10.2. The molecule has 0 aliphatic rings. The number of halogens is 1. The number of aliphatic hydroxyl groups excluding tert-OH is 1. The van der Waals surface area contributed by atoms with Gasteiger partial charge in [-0.15, -0.1) is 11.3 Å². The Balaban J connectivity index is 2.09. The van der Waals surface area contributed by atoms with Crippen LogP contribution in [0.4, 0.5) is 0 Å². The fraction of sp³-hybridized carbons (Fsp3) is 0.308. The van der Waals surface area contributed by atoms with Crippen molar-refractivity contribution in [1.82, 2.24) is 4.98 Å². The predicted octanol–water partition coefficient (Wildman–Crippen LogP) is 3.42. The molecular formula is C13H14BrNOS. The van der Waals surface area contributed by atoms with Crippen molar-refractivity contribution in [3.63, 3.8) is 0 Å². The standard InChI is InChI=1S/C13H14BrNOS/c1-9(16)6-11-8-15-13(17-11)7-10-4-2-3-5-12(10)14/h2-5,8-9,16H,6-7H2,1H3. The fourth-order valence-electron chi connectivity index (χ4n) is 1.62. The van der Waals surface area contributed by atoms with Crippen LogP contribution >= 0.6 is 27.3 Å². The maximum atomic E-state index is 9.32. The summed E-state index contributed by atoms with van der Waals surface area (Å²) in [5.74, 6) is 0. The molecule has 0 bridgehead atoms.